The van der Waals surface area contributed by atoms with Gasteiger partial charge in [-0.3, -0.25) is 0 Å². The van der Waals surface area contributed by atoms with Crippen LogP contribution in [-0.2, 0) is 14.7 Å². The van der Waals surface area contributed by atoms with E-state index in [2.05, 4.69) is 14.8 Å². The molecule has 11 heteroatoms. The second kappa shape index (κ2) is 6.18. The first-order valence-corrected chi connectivity index (χ1v) is 6.97. The number of benzene rings is 1. The van der Waals surface area contributed by atoms with Crippen LogP contribution in [0.4, 0.5) is 13.2 Å². The SMILES string of the molecule is COC(=O)c1nc(C(Cl)(Cl)Cl)n(-c2cccc(C(F)(F)F)c2)n1. The van der Waals surface area contributed by atoms with Gasteiger partial charge in [0.25, 0.3) is 5.82 Å². The molecular weight excluding hydrogens is 382 g/mol. The summed E-state index contributed by atoms with van der Waals surface area (Å²) in [6.07, 6.45) is -4.57. The molecule has 2 rings (SSSR count). The molecule has 0 aliphatic rings. The zero-order chi connectivity index (χ0) is 17.4. The average molecular weight is 389 g/mol. The standard InChI is InChI=1S/C12H7Cl3F3N3O2/c1-23-9(22)8-19-10(11(13,14)15)21(20-8)7-4-2-3-6(5-7)12(16,17)18/h2-5H,1H3. The van der Waals surface area contributed by atoms with Gasteiger partial charge < -0.3 is 4.74 Å². The molecule has 0 radical (unpaired) electrons. The van der Waals surface area contributed by atoms with Crippen molar-refractivity contribution in [2.75, 3.05) is 7.11 Å². The number of ether oxygens (including phenoxy) is 1. The summed E-state index contributed by atoms with van der Waals surface area (Å²) in [5.41, 5.74) is -1.01. The van der Waals surface area contributed by atoms with Crippen molar-refractivity contribution in [3.63, 3.8) is 0 Å². The lowest BCUT2D eigenvalue weighted by atomic mass is 10.2. The van der Waals surface area contributed by atoms with Gasteiger partial charge >= 0.3 is 12.1 Å². The number of aromatic nitrogens is 3. The molecule has 0 aliphatic heterocycles. The van der Waals surface area contributed by atoms with Gasteiger partial charge in [0.05, 0.1) is 18.4 Å². The van der Waals surface area contributed by atoms with Gasteiger partial charge in [-0.1, -0.05) is 40.9 Å². The monoisotopic (exact) mass is 387 g/mol. The Hall–Kier alpha value is -1.51. The molecule has 0 amide bonds. The number of rotatable bonds is 2. The maximum absolute atomic E-state index is 12.8. The number of alkyl halides is 6. The molecule has 0 saturated heterocycles. The van der Waals surface area contributed by atoms with Gasteiger partial charge in [-0.15, -0.1) is 5.10 Å². The molecule has 23 heavy (non-hydrogen) atoms. The summed E-state index contributed by atoms with van der Waals surface area (Å²) in [6.45, 7) is 0. The fraction of sp³-hybridized carbons (Fsp3) is 0.250. The predicted octanol–water partition coefficient (Wildman–Crippen LogP) is 3.90. The van der Waals surface area contributed by atoms with Gasteiger partial charge in [0.15, 0.2) is 5.82 Å². The van der Waals surface area contributed by atoms with Gasteiger partial charge in [0.2, 0.25) is 3.79 Å². The second-order valence-corrected chi connectivity index (χ2v) is 6.49. The molecule has 1 aromatic carbocycles. The average Bonchev–Trinajstić information content (AvgIpc) is 2.91. The molecule has 0 atom stereocenters. The molecule has 5 nitrogen and oxygen atoms in total. The van der Waals surface area contributed by atoms with Crippen molar-refractivity contribution >= 4 is 40.8 Å². The number of carbonyl (C=O) groups excluding carboxylic acids is 1. The summed E-state index contributed by atoms with van der Waals surface area (Å²) in [6, 6.07) is 4.11. The van der Waals surface area contributed by atoms with Gasteiger partial charge in [-0.2, -0.15) is 13.2 Å². The highest BCUT2D eigenvalue weighted by Crippen LogP contribution is 2.38. The number of carbonyl (C=O) groups is 1. The molecule has 1 aromatic heterocycles. The molecule has 1 heterocycles. The zero-order valence-corrected chi connectivity index (χ0v) is 13.5. The Morgan fingerprint density at radius 3 is 2.43 bits per heavy atom. The van der Waals surface area contributed by atoms with E-state index >= 15 is 0 Å². The molecule has 124 valence electrons. The Morgan fingerprint density at radius 2 is 1.91 bits per heavy atom. The fourth-order valence-electron chi connectivity index (χ4n) is 1.67. The van der Waals surface area contributed by atoms with Gasteiger partial charge in [0, 0.05) is 0 Å². The number of esters is 1. The van der Waals surface area contributed by atoms with Crippen molar-refractivity contribution < 1.29 is 22.7 Å². The Bertz CT molecular complexity index is 741. The third-order valence-corrected chi connectivity index (χ3v) is 3.15. The minimum Gasteiger partial charge on any atom is -0.463 e. The fourth-order valence-corrected chi connectivity index (χ4v) is 2.03. The van der Waals surface area contributed by atoms with Crippen LogP contribution in [0.5, 0.6) is 0 Å². The summed E-state index contributed by atoms with van der Waals surface area (Å²) < 4.78 is 41.6. The zero-order valence-electron chi connectivity index (χ0n) is 11.2. The highest BCUT2D eigenvalue weighted by atomic mass is 35.6. The van der Waals surface area contributed by atoms with Crippen molar-refractivity contribution in [2.24, 2.45) is 0 Å². The number of nitrogens with zero attached hydrogens (tertiary/aromatic N) is 3. The number of halogens is 6. The maximum atomic E-state index is 12.8. The molecule has 2 aromatic rings. The van der Waals surface area contributed by atoms with E-state index in [1.165, 1.54) is 6.07 Å². The number of hydrogen-bond acceptors (Lipinski definition) is 4. The topological polar surface area (TPSA) is 57.0 Å². The number of hydrogen-bond donors (Lipinski definition) is 0. The minimum atomic E-state index is -4.57. The minimum absolute atomic E-state index is 0.0798. The first-order valence-electron chi connectivity index (χ1n) is 5.84. The Morgan fingerprint density at radius 1 is 1.26 bits per heavy atom. The van der Waals surface area contributed by atoms with E-state index in [0.29, 0.717) is 0 Å². The van der Waals surface area contributed by atoms with Crippen LogP contribution in [0.25, 0.3) is 5.69 Å². The van der Waals surface area contributed by atoms with E-state index < -0.39 is 27.3 Å². The lowest BCUT2D eigenvalue weighted by Gasteiger charge is -2.13. The third kappa shape index (κ3) is 3.88. The van der Waals surface area contributed by atoms with Gasteiger partial charge in [0.1, 0.15) is 0 Å². The summed E-state index contributed by atoms with van der Waals surface area (Å²) >= 11 is 17.2. The third-order valence-electron chi connectivity index (χ3n) is 2.65. The normalized spacial score (nSPS) is 12.3. The highest BCUT2D eigenvalue weighted by molar-refractivity contribution is 6.66. The summed E-state index contributed by atoms with van der Waals surface area (Å²) in [5.74, 6) is -1.72. The van der Waals surface area contributed by atoms with E-state index in [0.717, 1.165) is 30.0 Å². The van der Waals surface area contributed by atoms with Crippen molar-refractivity contribution in [3.8, 4) is 5.69 Å². The maximum Gasteiger partial charge on any atom is 0.416 e. The molecule has 0 bridgehead atoms. The van der Waals surface area contributed by atoms with Crippen LogP contribution in [0.3, 0.4) is 0 Å². The van der Waals surface area contributed by atoms with Crippen LogP contribution in [0.1, 0.15) is 22.0 Å². The van der Waals surface area contributed by atoms with Crippen LogP contribution in [-0.4, -0.2) is 27.8 Å². The number of methoxy groups -OCH3 is 1. The summed E-state index contributed by atoms with van der Waals surface area (Å²) in [4.78, 5) is 15.2. The highest BCUT2D eigenvalue weighted by Gasteiger charge is 2.34. The van der Waals surface area contributed by atoms with Gasteiger partial charge in [-0.25, -0.2) is 14.5 Å². The van der Waals surface area contributed by atoms with E-state index in [1.807, 2.05) is 0 Å². The predicted molar refractivity (Wildman–Crippen MR) is 76.9 cm³/mol. The van der Waals surface area contributed by atoms with Crippen LogP contribution in [0.2, 0.25) is 0 Å². The van der Waals surface area contributed by atoms with E-state index in [1.54, 1.807) is 0 Å². The van der Waals surface area contributed by atoms with E-state index in [-0.39, 0.29) is 11.5 Å². The summed E-state index contributed by atoms with van der Waals surface area (Å²) in [5, 5.41) is 3.75. The lowest BCUT2D eigenvalue weighted by molar-refractivity contribution is -0.137. The molecule has 0 unspecified atom stereocenters. The first kappa shape index (κ1) is 17.8. The van der Waals surface area contributed by atoms with Crippen LogP contribution in [0.15, 0.2) is 24.3 Å². The molecule has 0 spiro atoms. The Balaban J connectivity index is 2.63. The lowest BCUT2D eigenvalue weighted by Crippen LogP contribution is -2.13. The quantitative estimate of drug-likeness (QED) is 0.578. The summed E-state index contributed by atoms with van der Waals surface area (Å²) in [7, 11) is 1.09. The van der Waals surface area contributed by atoms with Crippen molar-refractivity contribution in [1.29, 1.82) is 0 Å². The van der Waals surface area contributed by atoms with Gasteiger partial charge in [-0.05, 0) is 18.2 Å². The molecule has 0 N–H and O–H groups in total. The van der Waals surface area contributed by atoms with Crippen molar-refractivity contribution in [3.05, 3.63) is 41.5 Å². The Kier molecular flexibility index (Phi) is 4.79. The Labute approximate surface area is 142 Å². The van der Waals surface area contributed by atoms with E-state index in [9.17, 15) is 18.0 Å². The van der Waals surface area contributed by atoms with Crippen LogP contribution >= 0.6 is 34.8 Å². The molecule has 0 saturated carbocycles. The van der Waals surface area contributed by atoms with Crippen molar-refractivity contribution in [2.45, 2.75) is 9.97 Å². The first-order chi connectivity index (χ1) is 10.5. The molecule has 0 fully saturated rings. The van der Waals surface area contributed by atoms with Crippen molar-refractivity contribution in [1.82, 2.24) is 14.8 Å². The van der Waals surface area contributed by atoms with Crippen LogP contribution < -0.4 is 0 Å². The van der Waals surface area contributed by atoms with E-state index in [4.69, 9.17) is 34.8 Å². The largest absolute Gasteiger partial charge is 0.463 e. The second-order valence-electron chi connectivity index (χ2n) is 4.21. The van der Waals surface area contributed by atoms with Crippen LogP contribution in [0, 0.1) is 0 Å². The molecule has 0 aliphatic carbocycles. The smallest absolute Gasteiger partial charge is 0.416 e. The molecular formula is C12H7Cl3F3N3O2.